The third-order valence-electron chi connectivity index (χ3n) is 4.50. The van der Waals surface area contributed by atoms with Gasteiger partial charge >= 0.3 is 6.03 Å². The highest BCUT2D eigenvalue weighted by Crippen LogP contribution is 2.28. The molecule has 20 heavy (non-hydrogen) atoms. The molecule has 3 fully saturated rings. The highest BCUT2D eigenvalue weighted by molar-refractivity contribution is 6.01. The Hall–Kier alpha value is -1.14. The molecule has 0 aromatic carbocycles. The number of hydrogen-bond donors (Lipinski definition) is 2. The van der Waals surface area contributed by atoms with E-state index in [0.29, 0.717) is 18.5 Å². The van der Waals surface area contributed by atoms with E-state index >= 15 is 0 Å². The lowest BCUT2D eigenvalue weighted by atomic mass is 9.99. The minimum atomic E-state index is -0.231. The van der Waals surface area contributed by atoms with E-state index in [1.807, 2.05) is 0 Å². The predicted octanol–water partition coefficient (Wildman–Crippen LogP) is 0.00220. The fourth-order valence-electron chi connectivity index (χ4n) is 3.18. The van der Waals surface area contributed by atoms with Crippen LogP contribution in [0.1, 0.15) is 25.7 Å². The molecular formula is C14H24N4O2. The molecule has 3 amide bonds. The number of piperidine rings is 1. The molecule has 2 saturated heterocycles. The van der Waals surface area contributed by atoms with E-state index < -0.39 is 0 Å². The third-order valence-corrected chi connectivity index (χ3v) is 4.50. The molecule has 0 aromatic heterocycles. The Morgan fingerprint density at radius 2 is 2.10 bits per heavy atom. The Kier molecular flexibility index (Phi) is 4.21. The number of nitrogens with zero attached hydrogens (tertiary/aromatic N) is 2. The van der Waals surface area contributed by atoms with Gasteiger partial charge in [0.15, 0.2) is 0 Å². The fraction of sp³-hybridized carbons (Fsp3) is 0.857. The third kappa shape index (κ3) is 3.30. The van der Waals surface area contributed by atoms with E-state index in [1.54, 1.807) is 0 Å². The summed E-state index contributed by atoms with van der Waals surface area (Å²) in [6.45, 7) is 4.85. The van der Waals surface area contributed by atoms with Crippen LogP contribution in [0.25, 0.3) is 0 Å². The lowest BCUT2D eigenvalue weighted by Gasteiger charge is -2.31. The highest BCUT2D eigenvalue weighted by atomic mass is 16.2. The SMILES string of the molecule is O=C1CNC(=O)N1CCN(CC1CCCNC1)C1CC1. The smallest absolute Gasteiger partial charge is 0.324 e. The second kappa shape index (κ2) is 6.10. The average Bonchev–Trinajstić information content (AvgIpc) is 3.25. The average molecular weight is 280 g/mol. The van der Waals surface area contributed by atoms with Crippen LogP contribution in [-0.4, -0.2) is 67.0 Å². The van der Waals surface area contributed by atoms with E-state index in [-0.39, 0.29) is 18.5 Å². The molecule has 1 unspecified atom stereocenters. The van der Waals surface area contributed by atoms with Crippen molar-refractivity contribution in [2.45, 2.75) is 31.7 Å². The first-order chi connectivity index (χ1) is 9.74. The molecule has 6 heteroatoms. The Labute approximate surface area is 119 Å². The summed E-state index contributed by atoms with van der Waals surface area (Å²) in [5.74, 6) is 0.623. The van der Waals surface area contributed by atoms with Gasteiger partial charge in [0.05, 0.1) is 6.54 Å². The van der Waals surface area contributed by atoms with Crippen molar-refractivity contribution in [1.29, 1.82) is 0 Å². The molecule has 0 aromatic rings. The van der Waals surface area contributed by atoms with Gasteiger partial charge in [-0.05, 0) is 44.7 Å². The number of hydrogen-bond acceptors (Lipinski definition) is 4. The molecule has 0 radical (unpaired) electrons. The Bertz CT molecular complexity index is 361. The van der Waals surface area contributed by atoms with Gasteiger partial charge in [0, 0.05) is 25.7 Å². The number of imide groups is 1. The lowest BCUT2D eigenvalue weighted by molar-refractivity contribution is -0.125. The minimum absolute atomic E-state index is 0.0925. The van der Waals surface area contributed by atoms with E-state index in [2.05, 4.69) is 15.5 Å². The van der Waals surface area contributed by atoms with Gasteiger partial charge < -0.3 is 10.6 Å². The topological polar surface area (TPSA) is 64.7 Å². The Morgan fingerprint density at radius 1 is 1.25 bits per heavy atom. The van der Waals surface area contributed by atoms with Gasteiger partial charge in [-0.25, -0.2) is 4.79 Å². The van der Waals surface area contributed by atoms with E-state index in [4.69, 9.17) is 0 Å². The molecule has 2 N–H and O–H groups in total. The summed E-state index contributed by atoms with van der Waals surface area (Å²) >= 11 is 0. The second-order valence-corrected chi connectivity index (χ2v) is 6.14. The zero-order valence-electron chi connectivity index (χ0n) is 11.9. The summed E-state index contributed by atoms with van der Waals surface area (Å²) in [6, 6.07) is 0.447. The number of rotatable bonds is 6. The van der Waals surface area contributed by atoms with E-state index in [0.717, 1.165) is 26.2 Å². The van der Waals surface area contributed by atoms with Gasteiger partial charge in [-0.1, -0.05) is 0 Å². The van der Waals surface area contributed by atoms with Gasteiger partial charge in [-0.2, -0.15) is 0 Å². The van der Waals surface area contributed by atoms with Crippen molar-refractivity contribution in [2.75, 3.05) is 39.3 Å². The van der Waals surface area contributed by atoms with Crippen molar-refractivity contribution in [3.63, 3.8) is 0 Å². The first kappa shape index (κ1) is 13.8. The van der Waals surface area contributed by atoms with Crippen molar-refractivity contribution < 1.29 is 9.59 Å². The van der Waals surface area contributed by atoms with Crippen molar-refractivity contribution in [1.82, 2.24) is 20.4 Å². The molecule has 1 aliphatic carbocycles. The van der Waals surface area contributed by atoms with Crippen molar-refractivity contribution >= 4 is 11.9 Å². The number of amides is 3. The van der Waals surface area contributed by atoms with Gasteiger partial charge in [0.2, 0.25) is 5.91 Å². The maximum absolute atomic E-state index is 11.6. The maximum atomic E-state index is 11.6. The molecule has 3 aliphatic rings. The van der Waals surface area contributed by atoms with E-state index in [1.165, 1.54) is 30.6 Å². The molecule has 0 spiro atoms. The van der Waals surface area contributed by atoms with Crippen LogP contribution in [0.15, 0.2) is 0 Å². The van der Waals surface area contributed by atoms with E-state index in [9.17, 15) is 9.59 Å². The maximum Gasteiger partial charge on any atom is 0.324 e. The Morgan fingerprint density at radius 3 is 2.70 bits per heavy atom. The first-order valence-corrected chi connectivity index (χ1v) is 7.77. The summed E-state index contributed by atoms with van der Waals surface area (Å²) in [6.07, 6.45) is 5.08. The van der Waals surface area contributed by atoms with Crippen molar-refractivity contribution in [3.05, 3.63) is 0 Å². The molecule has 3 rings (SSSR count). The van der Waals surface area contributed by atoms with Gasteiger partial charge in [-0.15, -0.1) is 0 Å². The van der Waals surface area contributed by atoms with Crippen molar-refractivity contribution in [3.8, 4) is 0 Å². The Balaban J connectivity index is 1.49. The van der Waals surface area contributed by atoms with Crippen LogP contribution >= 0.6 is 0 Å². The summed E-state index contributed by atoms with van der Waals surface area (Å²) < 4.78 is 0. The van der Waals surface area contributed by atoms with Gasteiger partial charge in [-0.3, -0.25) is 14.6 Å². The summed E-state index contributed by atoms with van der Waals surface area (Å²) in [5, 5.41) is 6.03. The summed E-state index contributed by atoms with van der Waals surface area (Å²) in [4.78, 5) is 27.0. The molecular weight excluding hydrogens is 256 g/mol. The van der Waals surface area contributed by atoms with Crippen LogP contribution in [0, 0.1) is 5.92 Å². The van der Waals surface area contributed by atoms with Gasteiger partial charge in [0.1, 0.15) is 0 Å². The lowest BCUT2D eigenvalue weighted by Crippen LogP contribution is -2.43. The molecule has 1 saturated carbocycles. The molecule has 112 valence electrons. The monoisotopic (exact) mass is 280 g/mol. The highest BCUT2D eigenvalue weighted by Gasteiger charge is 2.33. The largest absolute Gasteiger partial charge is 0.329 e. The fourth-order valence-corrected chi connectivity index (χ4v) is 3.18. The number of carbonyl (C=O) groups is 2. The van der Waals surface area contributed by atoms with Crippen LogP contribution in [0.4, 0.5) is 4.79 Å². The standard InChI is InChI=1S/C14H24N4O2/c19-13-9-16-14(20)18(13)7-6-17(12-3-4-12)10-11-2-1-5-15-8-11/h11-12,15H,1-10H2,(H,16,20). The molecule has 6 nitrogen and oxygen atoms in total. The summed E-state index contributed by atoms with van der Waals surface area (Å²) in [7, 11) is 0. The first-order valence-electron chi connectivity index (χ1n) is 7.77. The molecule has 2 aliphatic heterocycles. The number of carbonyl (C=O) groups excluding carboxylic acids is 2. The molecule has 0 bridgehead atoms. The molecule has 2 heterocycles. The number of nitrogens with one attached hydrogen (secondary N) is 2. The summed E-state index contributed by atoms with van der Waals surface area (Å²) in [5.41, 5.74) is 0. The molecule has 1 atom stereocenters. The van der Waals surface area contributed by atoms with Crippen LogP contribution < -0.4 is 10.6 Å². The van der Waals surface area contributed by atoms with Crippen LogP contribution in [-0.2, 0) is 4.79 Å². The second-order valence-electron chi connectivity index (χ2n) is 6.14. The van der Waals surface area contributed by atoms with Crippen LogP contribution in [0.2, 0.25) is 0 Å². The van der Waals surface area contributed by atoms with Gasteiger partial charge in [0.25, 0.3) is 0 Å². The van der Waals surface area contributed by atoms with Crippen molar-refractivity contribution in [2.24, 2.45) is 5.92 Å². The number of urea groups is 1. The zero-order chi connectivity index (χ0) is 13.9. The minimum Gasteiger partial charge on any atom is -0.329 e. The van der Waals surface area contributed by atoms with Crippen LogP contribution in [0.3, 0.4) is 0 Å². The predicted molar refractivity (Wildman–Crippen MR) is 75.3 cm³/mol. The normalized spacial score (nSPS) is 27.2. The van der Waals surface area contributed by atoms with Crippen LogP contribution in [0.5, 0.6) is 0 Å². The zero-order valence-corrected chi connectivity index (χ0v) is 11.9. The quantitative estimate of drug-likeness (QED) is 0.672.